The van der Waals surface area contributed by atoms with E-state index >= 15 is 0 Å². The van der Waals surface area contributed by atoms with E-state index < -0.39 is 37.0 Å². The van der Waals surface area contributed by atoms with Gasteiger partial charge in [-0.05, 0) is 28.8 Å². The monoisotopic (exact) mass is 556 g/mol. The first-order valence-corrected chi connectivity index (χ1v) is 13.6. The molecule has 0 unspecified atom stereocenters. The summed E-state index contributed by atoms with van der Waals surface area (Å²) in [6, 6.07) is 37.4. The average Bonchev–Trinajstić information content (AvgIpc) is 3.04. The molecular weight excluding hydrogens is 520 g/mol. The van der Waals surface area contributed by atoms with Gasteiger partial charge in [-0.2, -0.15) is 0 Å². The largest absolute Gasteiger partial charge is 0.459 e. The topological polar surface area (TPSA) is 94.5 Å². The normalized spacial score (nSPS) is 14.1. The Morgan fingerprint density at radius 2 is 1.00 bits per heavy atom. The van der Waals surface area contributed by atoms with Crippen LogP contribution in [-0.4, -0.2) is 53.8 Å². The molecule has 0 spiro atoms. The Hall–Kier alpha value is -3.85. The highest BCUT2D eigenvalue weighted by Gasteiger charge is 2.38. The number of benzene rings is 4. The van der Waals surface area contributed by atoms with Gasteiger partial charge in [0.25, 0.3) is 0 Å². The quantitative estimate of drug-likeness (QED) is 0.189. The lowest BCUT2D eigenvalue weighted by atomic mass is 10.0. The molecule has 4 atom stereocenters. The number of rotatable bonds is 16. The molecule has 0 aliphatic rings. The van der Waals surface area contributed by atoms with E-state index in [1.165, 1.54) is 0 Å². The maximum absolute atomic E-state index is 12.9. The van der Waals surface area contributed by atoms with E-state index in [0.29, 0.717) is 5.56 Å². The Kier molecular flexibility index (Phi) is 12.1. The van der Waals surface area contributed by atoms with Gasteiger partial charge in [-0.25, -0.2) is 4.79 Å². The van der Waals surface area contributed by atoms with Crippen LogP contribution >= 0.6 is 0 Å². The molecule has 0 aromatic heterocycles. The Bertz CT molecular complexity index is 1270. The van der Waals surface area contributed by atoms with Crippen LogP contribution in [0.2, 0.25) is 0 Å². The van der Waals surface area contributed by atoms with Gasteiger partial charge in [0.1, 0.15) is 31.0 Å². The van der Waals surface area contributed by atoms with Crippen LogP contribution in [0.5, 0.6) is 0 Å². The van der Waals surface area contributed by atoms with Crippen LogP contribution in [0, 0.1) is 0 Å². The molecule has 0 amide bonds. The first kappa shape index (κ1) is 30.1. The van der Waals surface area contributed by atoms with Crippen molar-refractivity contribution in [2.45, 2.75) is 44.2 Å². The molecule has 2 N–H and O–H groups in total. The van der Waals surface area contributed by atoms with Crippen molar-refractivity contribution >= 4 is 5.97 Å². The number of aliphatic hydroxyl groups is 2. The number of hydrogen-bond acceptors (Lipinski definition) is 7. The van der Waals surface area contributed by atoms with Crippen LogP contribution in [0.15, 0.2) is 121 Å². The molecule has 0 radical (unpaired) electrons. The van der Waals surface area contributed by atoms with Crippen molar-refractivity contribution in [3.63, 3.8) is 0 Å². The van der Waals surface area contributed by atoms with Gasteiger partial charge in [-0.3, -0.25) is 0 Å². The van der Waals surface area contributed by atoms with Crippen molar-refractivity contribution in [2.75, 3.05) is 13.2 Å². The van der Waals surface area contributed by atoms with Gasteiger partial charge in [0.15, 0.2) is 0 Å². The lowest BCUT2D eigenvalue weighted by Crippen LogP contribution is -2.51. The molecule has 4 rings (SSSR count). The number of carbonyl (C=O) groups is 1. The van der Waals surface area contributed by atoms with Crippen LogP contribution in [0.1, 0.15) is 27.0 Å². The fourth-order valence-electron chi connectivity index (χ4n) is 4.31. The molecule has 0 saturated heterocycles. The van der Waals surface area contributed by atoms with E-state index in [4.69, 9.17) is 18.9 Å². The summed E-state index contributed by atoms with van der Waals surface area (Å²) in [6.45, 7) is -0.154. The standard InChI is InChI=1S/C34H36O7/c35-21-30(36)32(39-23-27-15-7-2-8-16-27)33(40-24-28-17-9-3-10-18-28)31(38-22-26-13-5-1-6-14-26)25-41-34(37)29-19-11-4-12-20-29/h1-20,30-33,35-36H,21-25H2/t30-,31+,32+,33-/m1/s1. The van der Waals surface area contributed by atoms with E-state index in [9.17, 15) is 15.0 Å². The number of carbonyl (C=O) groups excluding carboxylic acids is 1. The molecule has 0 heterocycles. The fourth-order valence-corrected chi connectivity index (χ4v) is 4.31. The van der Waals surface area contributed by atoms with Crippen molar-refractivity contribution in [2.24, 2.45) is 0 Å². The van der Waals surface area contributed by atoms with E-state index in [2.05, 4.69) is 0 Å². The summed E-state index contributed by atoms with van der Waals surface area (Å²) < 4.78 is 24.6. The molecule has 0 aliphatic carbocycles. The molecular formula is C34H36O7. The van der Waals surface area contributed by atoms with E-state index in [0.717, 1.165) is 16.7 Å². The van der Waals surface area contributed by atoms with Gasteiger partial charge >= 0.3 is 5.97 Å². The van der Waals surface area contributed by atoms with Gasteiger partial charge in [-0.1, -0.05) is 109 Å². The number of esters is 1. The summed E-state index contributed by atoms with van der Waals surface area (Å²) in [4.78, 5) is 12.9. The summed E-state index contributed by atoms with van der Waals surface area (Å²) >= 11 is 0. The zero-order valence-electron chi connectivity index (χ0n) is 22.8. The third-order valence-electron chi connectivity index (χ3n) is 6.52. The fraction of sp³-hybridized carbons (Fsp3) is 0.265. The smallest absolute Gasteiger partial charge is 0.338 e. The summed E-state index contributed by atoms with van der Waals surface area (Å²) in [7, 11) is 0. The number of ether oxygens (including phenoxy) is 4. The molecule has 0 saturated carbocycles. The molecule has 4 aromatic rings. The molecule has 7 nitrogen and oxygen atoms in total. The maximum atomic E-state index is 12.9. The van der Waals surface area contributed by atoms with Gasteiger partial charge in [0.05, 0.1) is 32.0 Å². The number of aliphatic hydroxyl groups excluding tert-OH is 2. The van der Waals surface area contributed by atoms with Crippen LogP contribution in [0.25, 0.3) is 0 Å². The summed E-state index contributed by atoms with van der Waals surface area (Å²) in [5.74, 6) is -0.509. The average molecular weight is 557 g/mol. The Balaban J connectivity index is 1.61. The van der Waals surface area contributed by atoms with Crippen LogP contribution in [0.4, 0.5) is 0 Å². The van der Waals surface area contributed by atoms with Gasteiger partial charge in [0, 0.05) is 0 Å². The molecule has 41 heavy (non-hydrogen) atoms. The second-order valence-electron chi connectivity index (χ2n) is 9.57. The molecule has 214 valence electrons. The SMILES string of the molecule is O=C(OC[C@H](OCc1ccccc1)[C@@H](OCc1ccccc1)[C@@H](OCc1ccccc1)[C@H](O)CO)c1ccccc1. The van der Waals surface area contributed by atoms with Crippen LogP contribution < -0.4 is 0 Å². The van der Waals surface area contributed by atoms with Crippen molar-refractivity contribution < 1.29 is 34.0 Å². The maximum Gasteiger partial charge on any atom is 0.338 e. The first-order chi connectivity index (χ1) is 20.1. The minimum absolute atomic E-state index is 0.163. The van der Waals surface area contributed by atoms with E-state index in [-0.39, 0.29) is 26.4 Å². The van der Waals surface area contributed by atoms with E-state index in [1.807, 2.05) is 97.1 Å². The van der Waals surface area contributed by atoms with Gasteiger partial charge < -0.3 is 29.2 Å². The second kappa shape index (κ2) is 16.4. The first-order valence-electron chi connectivity index (χ1n) is 13.6. The highest BCUT2D eigenvalue weighted by molar-refractivity contribution is 5.89. The highest BCUT2D eigenvalue weighted by atomic mass is 16.6. The Morgan fingerprint density at radius 1 is 0.585 bits per heavy atom. The van der Waals surface area contributed by atoms with Crippen LogP contribution in [0.3, 0.4) is 0 Å². The summed E-state index contributed by atoms with van der Waals surface area (Å²) in [5, 5.41) is 20.9. The van der Waals surface area contributed by atoms with Crippen molar-refractivity contribution in [3.8, 4) is 0 Å². The molecule has 4 aromatic carbocycles. The number of hydrogen-bond donors (Lipinski definition) is 2. The highest BCUT2D eigenvalue weighted by Crippen LogP contribution is 2.22. The van der Waals surface area contributed by atoms with Crippen LogP contribution in [-0.2, 0) is 38.8 Å². The van der Waals surface area contributed by atoms with Gasteiger partial charge in [0.2, 0.25) is 0 Å². The molecule has 0 bridgehead atoms. The zero-order valence-corrected chi connectivity index (χ0v) is 22.8. The third kappa shape index (κ3) is 9.63. The molecule has 0 aliphatic heterocycles. The Labute approximate surface area is 240 Å². The predicted molar refractivity (Wildman–Crippen MR) is 155 cm³/mol. The lowest BCUT2D eigenvalue weighted by Gasteiger charge is -2.35. The summed E-state index contributed by atoms with van der Waals surface area (Å²) in [6.07, 6.45) is -4.03. The van der Waals surface area contributed by atoms with Crippen molar-refractivity contribution in [3.05, 3.63) is 144 Å². The predicted octanol–water partition coefficient (Wildman–Crippen LogP) is 4.95. The van der Waals surface area contributed by atoms with Crippen molar-refractivity contribution in [1.29, 1.82) is 0 Å². The minimum Gasteiger partial charge on any atom is -0.459 e. The lowest BCUT2D eigenvalue weighted by molar-refractivity contribution is -0.191. The third-order valence-corrected chi connectivity index (χ3v) is 6.52. The van der Waals surface area contributed by atoms with E-state index in [1.54, 1.807) is 24.3 Å². The molecule has 7 heteroatoms. The minimum atomic E-state index is -1.29. The Morgan fingerprint density at radius 3 is 1.46 bits per heavy atom. The van der Waals surface area contributed by atoms with Gasteiger partial charge in [-0.15, -0.1) is 0 Å². The zero-order chi connectivity index (χ0) is 28.7. The molecule has 0 fully saturated rings. The second-order valence-corrected chi connectivity index (χ2v) is 9.57. The van der Waals surface area contributed by atoms with Crippen molar-refractivity contribution in [1.82, 2.24) is 0 Å². The summed E-state index contributed by atoms with van der Waals surface area (Å²) in [5.41, 5.74) is 3.11.